The van der Waals surface area contributed by atoms with E-state index in [1.807, 2.05) is 19.1 Å². The van der Waals surface area contributed by atoms with Crippen LogP contribution in [0.2, 0.25) is 0 Å². The van der Waals surface area contributed by atoms with Gasteiger partial charge in [-0.05, 0) is 54.8 Å². The van der Waals surface area contributed by atoms with Crippen LogP contribution in [0.4, 0.5) is 5.69 Å². The predicted octanol–water partition coefficient (Wildman–Crippen LogP) is 2.92. The molecule has 0 aliphatic carbocycles. The highest BCUT2D eigenvalue weighted by atomic mass is 16.5. The SMILES string of the molecule is CCOc1ccc(C(=O)NCc2ccc3c(c2)CCN3C(C)=O)cc1. The van der Waals surface area contributed by atoms with Gasteiger partial charge in [0.05, 0.1) is 6.61 Å². The number of amides is 2. The van der Waals surface area contributed by atoms with Crippen LogP contribution in [0.25, 0.3) is 0 Å². The Morgan fingerprint density at radius 2 is 1.92 bits per heavy atom. The molecule has 5 heteroatoms. The number of rotatable bonds is 5. The van der Waals surface area contributed by atoms with Gasteiger partial charge in [-0.15, -0.1) is 0 Å². The van der Waals surface area contributed by atoms with E-state index in [-0.39, 0.29) is 11.8 Å². The number of ether oxygens (including phenoxy) is 1. The maximum absolute atomic E-state index is 12.3. The standard InChI is InChI=1S/C20H22N2O3/c1-3-25-18-7-5-16(6-8-18)20(24)21-13-15-4-9-19-17(12-15)10-11-22(19)14(2)23/h4-9,12H,3,10-11,13H2,1-2H3,(H,21,24). The third-order valence-corrected chi connectivity index (χ3v) is 4.30. The molecule has 0 saturated heterocycles. The minimum Gasteiger partial charge on any atom is -0.494 e. The van der Waals surface area contributed by atoms with Crippen LogP contribution in [0.5, 0.6) is 5.75 Å². The lowest BCUT2D eigenvalue weighted by Gasteiger charge is -2.15. The van der Waals surface area contributed by atoms with Gasteiger partial charge in [-0.3, -0.25) is 9.59 Å². The van der Waals surface area contributed by atoms with Crippen molar-refractivity contribution in [3.63, 3.8) is 0 Å². The lowest BCUT2D eigenvalue weighted by molar-refractivity contribution is -0.116. The lowest BCUT2D eigenvalue weighted by Crippen LogP contribution is -2.25. The van der Waals surface area contributed by atoms with Crippen LogP contribution in [0.15, 0.2) is 42.5 Å². The first-order chi connectivity index (χ1) is 12.1. The number of benzene rings is 2. The van der Waals surface area contributed by atoms with Crippen molar-refractivity contribution in [2.45, 2.75) is 26.8 Å². The molecule has 25 heavy (non-hydrogen) atoms. The van der Waals surface area contributed by atoms with Gasteiger partial charge >= 0.3 is 0 Å². The van der Waals surface area contributed by atoms with E-state index in [0.717, 1.165) is 35.5 Å². The lowest BCUT2D eigenvalue weighted by atomic mass is 10.1. The number of carbonyl (C=O) groups excluding carboxylic acids is 2. The number of hydrogen-bond acceptors (Lipinski definition) is 3. The van der Waals surface area contributed by atoms with E-state index in [0.29, 0.717) is 18.7 Å². The average Bonchev–Trinajstić information content (AvgIpc) is 3.04. The molecule has 0 saturated carbocycles. The molecule has 2 aromatic rings. The van der Waals surface area contributed by atoms with E-state index in [1.165, 1.54) is 0 Å². The van der Waals surface area contributed by atoms with Gasteiger partial charge in [-0.1, -0.05) is 12.1 Å². The molecule has 3 rings (SSSR count). The smallest absolute Gasteiger partial charge is 0.251 e. The molecular formula is C20H22N2O3. The number of nitrogens with one attached hydrogen (secondary N) is 1. The summed E-state index contributed by atoms with van der Waals surface area (Å²) >= 11 is 0. The van der Waals surface area contributed by atoms with Crippen molar-refractivity contribution in [2.24, 2.45) is 0 Å². The number of fused-ring (bicyclic) bond motifs is 1. The maximum atomic E-state index is 12.3. The highest BCUT2D eigenvalue weighted by Gasteiger charge is 2.22. The zero-order valence-electron chi connectivity index (χ0n) is 14.5. The van der Waals surface area contributed by atoms with Gasteiger partial charge in [0.2, 0.25) is 5.91 Å². The minimum atomic E-state index is -0.117. The van der Waals surface area contributed by atoms with E-state index in [2.05, 4.69) is 11.4 Å². The van der Waals surface area contributed by atoms with Crippen molar-refractivity contribution in [1.29, 1.82) is 0 Å². The number of hydrogen-bond donors (Lipinski definition) is 1. The van der Waals surface area contributed by atoms with Crippen LogP contribution in [-0.4, -0.2) is 25.0 Å². The number of nitrogens with zero attached hydrogens (tertiary/aromatic N) is 1. The third kappa shape index (κ3) is 3.82. The molecule has 1 aliphatic heterocycles. The fraction of sp³-hybridized carbons (Fsp3) is 0.300. The van der Waals surface area contributed by atoms with Crippen LogP contribution >= 0.6 is 0 Å². The van der Waals surface area contributed by atoms with Crippen LogP contribution < -0.4 is 15.0 Å². The molecule has 0 unspecified atom stereocenters. The van der Waals surface area contributed by atoms with Crippen LogP contribution in [0.3, 0.4) is 0 Å². The summed E-state index contributed by atoms with van der Waals surface area (Å²) in [4.78, 5) is 25.6. The molecule has 1 N–H and O–H groups in total. The predicted molar refractivity (Wildman–Crippen MR) is 97.0 cm³/mol. The molecule has 2 amide bonds. The van der Waals surface area contributed by atoms with Gasteiger partial charge in [0.25, 0.3) is 5.91 Å². The van der Waals surface area contributed by atoms with E-state index < -0.39 is 0 Å². The van der Waals surface area contributed by atoms with Crippen LogP contribution in [0.1, 0.15) is 35.3 Å². The van der Waals surface area contributed by atoms with Gasteiger partial charge in [-0.2, -0.15) is 0 Å². The van der Waals surface area contributed by atoms with E-state index >= 15 is 0 Å². The molecule has 1 heterocycles. The topological polar surface area (TPSA) is 58.6 Å². The Morgan fingerprint density at radius 1 is 1.16 bits per heavy atom. The molecule has 0 fully saturated rings. The normalized spacial score (nSPS) is 12.6. The Kier molecular flexibility index (Phi) is 5.03. The molecule has 0 radical (unpaired) electrons. The van der Waals surface area contributed by atoms with Gasteiger partial charge in [0.1, 0.15) is 5.75 Å². The number of carbonyl (C=O) groups is 2. The summed E-state index contributed by atoms with van der Waals surface area (Å²) in [7, 11) is 0. The van der Waals surface area contributed by atoms with Crippen molar-refractivity contribution in [3.05, 3.63) is 59.2 Å². The fourth-order valence-electron chi connectivity index (χ4n) is 3.05. The highest BCUT2D eigenvalue weighted by molar-refractivity contribution is 5.94. The summed E-state index contributed by atoms with van der Waals surface area (Å²) in [6.45, 7) is 5.30. The second kappa shape index (κ2) is 7.38. The molecule has 2 aromatic carbocycles. The monoisotopic (exact) mass is 338 g/mol. The van der Waals surface area contributed by atoms with Gasteiger partial charge in [0.15, 0.2) is 0 Å². The molecular weight excluding hydrogens is 316 g/mol. The zero-order chi connectivity index (χ0) is 17.8. The van der Waals surface area contributed by atoms with E-state index in [9.17, 15) is 9.59 Å². The maximum Gasteiger partial charge on any atom is 0.251 e. The molecule has 5 nitrogen and oxygen atoms in total. The van der Waals surface area contributed by atoms with E-state index in [1.54, 1.807) is 36.1 Å². The first-order valence-corrected chi connectivity index (χ1v) is 8.49. The van der Waals surface area contributed by atoms with E-state index in [4.69, 9.17) is 4.74 Å². The molecule has 0 spiro atoms. The fourth-order valence-corrected chi connectivity index (χ4v) is 3.05. The zero-order valence-corrected chi connectivity index (χ0v) is 14.5. The summed E-state index contributed by atoms with van der Waals surface area (Å²) in [6, 6.07) is 13.1. The van der Waals surface area contributed by atoms with Crippen LogP contribution in [-0.2, 0) is 17.8 Å². The quantitative estimate of drug-likeness (QED) is 0.912. The van der Waals surface area contributed by atoms with Gasteiger partial charge in [0, 0.05) is 31.3 Å². The van der Waals surface area contributed by atoms with Crippen molar-refractivity contribution in [2.75, 3.05) is 18.1 Å². The summed E-state index contributed by atoms with van der Waals surface area (Å²) < 4.78 is 5.38. The number of anilines is 1. The Labute approximate surface area is 147 Å². The first kappa shape index (κ1) is 17.0. The van der Waals surface area contributed by atoms with Crippen LogP contribution in [0, 0.1) is 0 Å². The molecule has 0 atom stereocenters. The van der Waals surface area contributed by atoms with Gasteiger partial charge in [-0.25, -0.2) is 0 Å². The Morgan fingerprint density at radius 3 is 2.60 bits per heavy atom. The second-order valence-electron chi connectivity index (χ2n) is 6.02. The molecule has 0 bridgehead atoms. The Hall–Kier alpha value is -2.82. The summed E-state index contributed by atoms with van der Waals surface area (Å²) in [5.74, 6) is 0.705. The Bertz CT molecular complexity index is 784. The molecule has 1 aliphatic rings. The summed E-state index contributed by atoms with van der Waals surface area (Å²) in [6.07, 6.45) is 0.857. The van der Waals surface area contributed by atoms with Crippen molar-refractivity contribution >= 4 is 17.5 Å². The Balaban J connectivity index is 1.62. The second-order valence-corrected chi connectivity index (χ2v) is 6.02. The average molecular weight is 338 g/mol. The largest absolute Gasteiger partial charge is 0.494 e. The van der Waals surface area contributed by atoms with Crippen molar-refractivity contribution in [1.82, 2.24) is 5.32 Å². The summed E-state index contributed by atoms with van der Waals surface area (Å²) in [5.41, 5.74) is 3.77. The highest BCUT2D eigenvalue weighted by Crippen LogP contribution is 2.28. The van der Waals surface area contributed by atoms with Crippen molar-refractivity contribution < 1.29 is 14.3 Å². The third-order valence-electron chi connectivity index (χ3n) is 4.30. The minimum absolute atomic E-state index is 0.0651. The van der Waals surface area contributed by atoms with Gasteiger partial charge < -0.3 is 15.0 Å². The first-order valence-electron chi connectivity index (χ1n) is 8.49. The summed E-state index contributed by atoms with van der Waals surface area (Å²) in [5, 5.41) is 2.93. The molecule has 130 valence electrons. The van der Waals surface area contributed by atoms with Crippen molar-refractivity contribution in [3.8, 4) is 5.75 Å². The molecule has 0 aromatic heterocycles.